The molecular weight excluding hydrogens is 210 g/mol. The maximum absolute atomic E-state index is 11.0. The van der Waals surface area contributed by atoms with Gasteiger partial charge in [-0.2, -0.15) is 0 Å². The molecule has 0 saturated carbocycles. The molecule has 1 aromatic heterocycles. The zero-order chi connectivity index (χ0) is 10.9. The second-order valence-corrected chi connectivity index (χ2v) is 4.57. The molecule has 0 aliphatic rings. The summed E-state index contributed by atoms with van der Waals surface area (Å²) in [6, 6.07) is 0.966. The summed E-state index contributed by atoms with van der Waals surface area (Å²) in [5.41, 5.74) is 4.65. The molecule has 0 bridgehead atoms. The van der Waals surface area contributed by atoms with E-state index in [-0.39, 0.29) is 10.7 Å². The first-order valence-electron chi connectivity index (χ1n) is 3.42. The lowest BCUT2D eigenvalue weighted by molar-refractivity contribution is -0.384. The smallest absolute Gasteiger partial charge is 0.310 e. The Morgan fingerprint density at radius 2 is 2.14 bits per heavy atom. The van der Waals surface area contributed by atoms with Crippen LogP contribution in [0.4, 0.5) is 11.4 Å². The van der Waals surface area contributed by atoms with Crippen LogP contribution in [0.1, 0.15) is 0 Å². The highest BCUT2D eigenvalue weighted by molar-refractivity contribution is 7.90. The Balaban J connectivity index is 3.34. The zero-order valence-corrected chi connectivity index (χ0v) is 7.98. The highest BCUT2D eigenvalue weighted by Crippen LogP contribution is 2.21. The van der Waals surface area contributed by atoms with Crippen LogP contribution in [0, 0.1) is 10.1 Å². The summed E-state index contributed by atoms with van der Waals surface area (Å²) in [5, 5.41) is 10.0. The van der Waals surface area contributed by atoms with Gasteiger partial charge in [0.1, 0.15) is 11.9 Å². The standard InChI is InChI=1S/C6H7N3O4S/c1-14(12,13)6-2-4(7)5(3-8-6)9(10)11/h2-3H,1H3,(H2,7,8). The number of nitrogens with two attached hydrogens (primary N) is 1. The van der Waals surface area contributed by atoms with Crippen molar-refractivity contribution in [1.82, 2.24) is 4.98 Å². The normalized spacial score (nSPS) is 11.2. The lowest BCUT2D eigenvalue weighted by Gasteiger charge is -1.99. The molecule has 1 aromatic rings. The first kappa shape index (κ1) is 10.4. The van der Waals surface area contributed by atoms with Crippen molar-refractivity contribution >= 4 is 21.2 Å². The minimum absolute atomic E-state index is 0.217. The van der Waals surface area contributed by atoms with Gasteiger partial charge in [-0.05, 0) is 0 Å². The van der Waals surface area contributed by atoms with Crippen molar-refractivity contribution in [3.63, 3.8) is 0 Å². The van der Waals surface area contributed by atoms with Gasteiger partial charge in [-0.1, -0.05) is 0 Å². The van der Waals surface area contributed by atoms with Gasteiger partial charge < -0.3 is 5.73 Å². The summed E-state index contributed by atoms with van der Waals surface area (Å²) in [6.07, 6.45) is 1.77. The van der Waals surface area contributed by atoms with E-state index in [1.165, 1.54) is 0 Å². The van der Waals surface area contributed by atoms with Crippen LogP contribution in [0.25, 0.3) is 0 Å². The van der Waals surface area contributed by atoms with Crippen molar-refractivity contribution in [1.29, 1.82) is 0 Å². The van der Waals surface area contributed by atoms with Gasteiger partial charge >= 0.3 is 5.69 Å². The lowest BCUT2D eigenvalue weighted by Crippen LogP contribution is -2.04. The van der Waals surface area contributed by atoms with Crippen molar-refractivity contribution < 1.29 is 13.3 Å². The molecule has 0 saturated heterocycles. The molecule has 0 aromatic carbocycles. The van der Waals surface area contributed by atoms with Gasteiger partial charge in [-0.3, -0.25) is 10.1 Å². The molecule has 7 nitrogen and oxygen atoms in total. The first-order chi connectivity index (χ1) is 6.32. The van der Waals surface area contributed by atoms with E-state index >= 15 is 0 Å². The number of nitrogens with zero attached hydrogens (tertiary/aromatic N) is 2. The largest absolute Gasteiger partial charge is 0.393 e. The number of aromatic nitrogens is 1. The number of hydrogen-bond donors (Lipinski definition) is 1. The summed E-state index contributed by atoms with van der Waals surface area (Å²) >= 11 is 0. The topological polar surface area (TPSA) is 116 Å². The fraction of sp³-hybridized carbons (Fsp3) is 0.167. The van der Waals surface area contributed by atoms with Gasteiger partial charge in [0.15, 0.2) is 14.9 Å². The number of pyridine rings is 1. The van der Waals surface area contributed by atoms with E-state index in [2.05, 4.69) is 4.98 Å². The third-order valence-electron chi connectivity index (χ3n) is 1.47. The van der Waals surface area contributed by atoms with Gasteiger partial charge in [0, 0.05) is 12.3 Å². The van der Waals surface area contributed by atoms with Crippen LogP contribution in [-0.2, 0) is 9.84 Å². The van der Waals surface area contributed by atoms with Crippen molar-refractivity contribution in [3.8, 4) is 0 Å². The van der Waals surface area contributed by atoms with Crippen molar-refractivity contribution in [2.45, 2.75) is 5.03 Å². The molecule has 0 unspecified atom stereocenters. The van der Waals surface area contributed by atoms with Crippen LogP contribution < -0.4 is 5.73 Å². The van der Waals surface area contributed by atoms with E-state index in [0.29, 0.717) is 0 Å². The fourth-order valence-electron chi connectivity index (χ4n) is 0.799. The van der Waals surface area contributed by atoms with Crippen molar-refractivity contribution in [2.75, 3.05) is 12.0 Å². The van der Waals surface area contributed by atoms with Gasteiger partial charge in [0.05, 0.1) is 4.92 Å². The molecule has 0 spiro atoms. The number of hydrogen-bond acceptors (Lipinski definition) is 6. The SMILES string of the molecule is CS(=O)(=O)c1cc(N)c([N+](=O)[O-])cn1. The minimum atomic E-state index is -3.48. The van der Waals surface area contributed by atoms with Gasteiger partial charge in [0.2, 0.25) is 0 Å². The fourth-order valence-corrected chi connectivity index (χ4v) is 1.38. The quantitative estimate of drug-likeness (QED) is 0.549. The number of rotatable bonds is 2. The Morgan fingerprint density at radius 3 is 2.50 bits per heavy atom. The molecule has 14 heavy (non-hydrogen) atoms. The molecule has 0 radical (unpaired) electrons. The highest BCUT2D eigenvalue weighted by atomic mass is 32.2. The van der Waals surface area contributed by atoms with Gasteiger partial charge in [-0.15, -0.1) is 0 Å². The Kier molecular flexibility index (Phi) is 2.39. The van der Waals surface area contributed by atoms with Gasteiger partial charge in [-0.25, -0.2) is 13.4 Å². The molecule has 0 fully saturated rings. The predicted octanol–water partition coefficient (Wildman–Crippen LogP) is -0.0245. The number of sulfone groups is 1. The van der Waals surface area contributed by atoms with E-state index in [9.17, 15) is 18.5 Å². The Bertz CT molecular complexity index is 482. The van der Waals surface area contributed by atoms with E-state index in [0.717, 1.165) is 18.5 Å². The van der Waals surface area contributed by atoms with E-state index in [1.807, 2.05) is 0 Å². The lowest BCUT2D eigenvalue weighted by atomic mass is 10.4. The van der Waals surface area contributed by atoms with Crippen molar-refractivity contribution in [3.05, 3.63) is 22.4 Å². The molecule has 8 heteroatoms. The minimum Gasteiger partial charge on any atom is -0.393 e. The van der Waals surface area contributed by atoms with Crippen LogP contribution in [0.15, 0.2) is 17.3 Å². The zero-order valence-electron chi connectivity index (χ0n) is 7.17. The molecule has 0 aliphatic heterocycles. The van der Waals surface area contributed by atoms with Crippen LogP contribution in [0.3, 0.4) is 0 Å². The maximum atomic E-state index is 11.0. The predicted molar refractivity (Wildman–Crippen MR) is 48.4 cm³/mol. The molecule has 1 rings (SSSR count). The van der Waals surface area contributed by atoms with Crippen LogP contribution in [-0.4, -0.2) is 24.6 Å². The molecular formula is C6H7N3O4S. The number of anilines is 1. The Hall–Kier alpha value is -1.70. The summed E-state index contributed by atoms with van der Waals surface area (Å²) in [6.45, 7) is 0. The van der Waals surface area contributed by atoms with Crippen molar-refractivity contribution in [2.24, 2.45) is 0 Å². The molecule has 76 valence electrons. The third-order valence-corrected chi connectivity index (χ3v) is 2.45. The summed E-state index contributed by atoms with van der Waals surface area (Å²) in [5.74, 6) is 0. The molecule has 0 atom stereocenters. The number of nitrogen functional groups attached to an aromatic ring is 1. The number of nitro groups is 1. The molecule has 2 N–H and O–H groups in total. The summed E-state index contributed by atoms with van der Waals surface area (Å²) < 4.78 is 22.0. The second kappa shape index (κ2) is 3.22. The Morgan fingerprint density at radius 1 is 1.57 bits per heavy atom. The highest BCUT2D eigenvalue weighted by Gasteiger charge is 2.16. The molecule has 0 aliphatic carbocycles. The maximum Gasteiger partial charge on any atom is 0.310 e. The Labute approximate surface area is 79.6 Å². The first-order valence-corrected chi connectivity index (χ1v) is 5.31. The van der Waals surface area contributed by atoms with Crippen LogP contribution in [0.2, 0.25) is 0 Å². The molecule has 1 heterocycles. The van der Waals surface area contributed by atoms with Crippen LogP contribution >= 0.6 is 0 Å². The average molecular weight is 217 g/mol. The second-order valence-electron chi connectivity index (χ2n) is 2.61. The average Bonchev–Trinajstić information content (AvgIpc) is 2.01. The summed E-state index contributed by atoms with van der Waals surface area (Å²) in [7, 11) is -3.48. The monoisotopic (exact) mass is 217 g/mol. The summed E-state index contributed by atoms with van der Waals surface area (Å²) in [4.78, 5) is 13.0. The third kappa shape index (κ3) is 1.96. The van der Waals surface area contributed by atoms with E-state index in [1.54, 1.807) is 0 Å². The van der Waals surface area contributed by atoms with Gasteiger partial charge in [0.25, 0.3) is 0 Å². The molecule has 0 amide bonds. The van der Waals surface area contributed by atoms with Crippen LogP contribution in [0.5, 0.6) is 0 Å². The van der Waals surface area contributed by atoms with E-state index < -0.39 is 20.4 Å². The van der Waals surface area contributed by atoms with E-state index in [4.69, 9.17) is 5.73 Å².